The van der Waals surface area contributed by atoms with Crippen molar-refractivity contribution in [2.45, 2.75) is 47.0 Å². The molecule has 1 heterocycles. The SMILES string of the molecule is CCC(C)(C)CNC(=O)C1(C)CCNCC1. The second-order valence-electron chi connectivity index (χ2n) is 6.01. The van der Waals surface area contributed by atoms with Crippen LogP contribution in [0.1, 0.15) is 47.0 Å². The molecular formula is C13H26N2O. The van der Waals surface area contributed by atoms with Gasteiger partial charge in [0.05, 0.1) is 0 Å². The van der Waals surface area contributed by atoms with Gasteiger partial charge in [-0.1, -0.05) is 27.7 Å². The number of nitrogens with one attached hydrogen (secondary N) is 2. The molecule has 0 bridgehead atoms. The third-order valence-electron chi connectivity index (χ3n) is 3.94. The Morgan fingerprint density at radius 2 is 1.94 bits per heavy atom. The lowest BCUT2D eigenvalue weighted by Gasteiger charge is -2.34. The summed E-state index contributed by atoms with van der Waals surface area (Å²) in [5, 5.41) is 6.42. The van der Waals surface area contributed by atoms with E-state index < -0.39 is 0 Å². The van der Waals surface area contributed by atoms with E-state index in [0.717, 1.165) is 38.9 Å². The highest BCUT2D eigenvalue weighted by Gasteiger charge is 2.34. The zero-order chi connectivity index (χ0) is 12.2. The van der Waals surface area contributed by atoms with Crippen LogP contribution in [0.3, 0.4) is 0 Å². The summed E-state index contributed by atoms with van der Waals surface area (Å²) < 4.78 is 0. The molecular weight excluding hydrogens is 200 g/mol. The van der Waals surface area contributed by atoms with Crippen molar-refractivity contribution in [3.63, 3.8) is 0 Å². The molecule has 0 saturated carbocycles. The van der Waals surface area contributed by atoms with Crippen LogP contribution in [0.4, 0.5) is 0 Å². The van der Waals surface area contributed by atoms with E-state index in [0.29, 0.717) is 0 Å². The predicted molar refractivity (Wildman–Crippen MR) is 67.3 cm³/mol. The first-order chi connectivity index (χ1) is 7.40. The van der Waals surface area contributed by atoms with Crippen LogP contribution in [0.25, 0.3) is 0 Å². The molecule has 1 rings (SSSR count). The first-order valence-electron chi connectivity index (χ1n) is 6.39. The highest BCUT2D eigenvalue weighted by molar-refractivity contribution is 5.82. The van der Waals surface area contributed by atoms with E-state index in [1.807, 2.05) is 0 Å². The monoisotopic (exact) mass is 226 g/mol. The van der Waals surface area contributed by atoms with Crippen molar-refractivity contribution in [2.75, 3.05) is 19.6 Å². The summed E-state index contributed by atoms with van der Waals surface area (Å²) in [5.74, 6) is 0.232. The van der Waals surface area contributed by atoms with Gasteiger partial charge in [-0.15, -0.1) is 0 Å². The molecule has 0 spiro atoms. The van der Waals surface area contributed by atoms with E-state index in [4.69, 9.17) is 0 Å². The molecule has 1 amide bonds. The first kappa shape index (κ1) is 13.5. The highest BCUT2D eigenvalue weighted by atomic mass is 16.2. The molecule has 0 unspecified atom stereocenters. The normalized spacial score (nSPS) is 20.5. The molecule has 0 atom stereocenters. The highest BCUT2D eigenvalue weighted by Crippen LogP contribution is 2.28. The van der Waals surface area contributed by atoms with Gasteiger partial charge in [0.1, 0.15) is 0 Å². The first-order valence-corrected chi connectivity index (χ1v) is 6.39. The Hall–Kier alpha value is -0.570. The minimum absolute atomic E-state index is 0.158. The summed E-state index contributed by atoms with van der Waals surface area (Å²) in [7, 11) is 0. The van der Waals surface area contributed by atoms with E-state index in [9.17, 15) is 4.79 Å². The Kier molecular flexibility index (Phi) is 4.36. The average Bonchev–Trinajstić information content (AvgIpc) is 2.27. The minimum Gasteiger partial charge on any atom is -0.355 e. The van der Waals surface area contributed by atoms with E-state index in [1.54, 1.807) is 0 Å². The maximum atomic E-state index is 12.1. The molecule has 2 N–H and O–H groups in total. The van der Waals surface area contributed by atoms with Crippen LogP contribution in [0.2, 0.25) is 0 Å². The number of carbonyl (C=O) groups excluding carboxylic acids is 1. The van der Waals surface area contributed by atoms with Crippen LogP contribution in [-0.4, -0.2) is 25.5 Å². The Balaban J connectivity index is 2.45. The fourth-order valence-corrected chi connectivity index (χ4v) is 1.86. The van der Waals surface area contributed by atoms with Crippen molar-refractivity contribution in [2.24, 2.45) is 10.8 Å². The van der Waals surface area contributed by atoms with Gasteiger partial charge in [0.25, 0.3) is 0 Å². The van der Waals surface area contributed by atoms with Crippen LogP contribution in [0.5, 0.6) is 0 Å². The molecule has 94 valence electrons. The maximum absolute atomic E-state index is 12.1. The number of hydrogen-bond acceptors (Lipinski definition) is 2. The molecule has 1 fully saturated rings. The zero-order valence-corrected chi connectivity index (χ0v) is 11.2. The van der Waals surface area contributed by atoms with Crippen molar-refractivity contribution < 1.29 is 4.79 Å². The fourth-order valence-electron chi connectivity index (χ4n) is 1.86. The third kappa shape index (κ3) is 3.48. The Labute approximate surface area is 99.4 Å². The van der Waals surface area contributed by atoms with Gasteiger partial charge in [-0.3, -0.25) is 4.79 Å². The summed E-state index contributed by atoms with van der Waals surface area (Å²) in [6, 6.07) is 0. The molecule has 3 heteroatoms. The van der Waals surface area contributed by atoms with Crippen LogP contribution in [-0.2, 0) is 4.79 Å². The smallest absolute Gasteiger partial charge is 0.226 e. The molecule has 3 nitrogen and oxygen atoms in total. The van der Waals surface area contributed by atoms with Gasteiger partial charge in [-0.2, -0.15) is 0 Å². The standard InChI is InChI=1S/C13H26N2O/c1-5-12(2,3)10-15-11(16)13(4)6-8-14-9-7-13/h14H,5-10H2,1-4H3,(H,15,16). The van der Waals surface area contributed by atoms with Crippen molar-refractivity contribution in [3.8, 4) is 0 Å². The Morgan fingerprint density at radius 3 is 2.44 bits per heavy atom. The molecule has 1 saturated heterocycles. The summed E-state index contributed by atoms with van der Waals surface area (Å²) in [5.41, 5.74) is 0.0496. The van der Waals surface area contributed by atoms with Crippen molar-refractivity contribution in [1.29, 1.82) is 0 Å². The predicted octanol–water partition coefficient (Wildman–Crippen LogP) is 1.93. The van der Waals surface area contributed by atoms with E-state index >= 15 is 0 Å². The number of carbonyl (C=O) groups is 1. The van der Waals surface area contributed by atoms with Gasteiger partial charge < -0.3 is 10.6 Å². The Morgan fingerprint density at radius 1 is 1.38 bits per heavy atom. The van der Waals surface area contributed by atoms with Crippen LogP contribution >= 0.6 is 0 Å². The van der Waals surface area contributed by atoms with Gasteiger partial charge in [0, 0.05) is 12.0 Å². The lowest BCUT2D eigenvalue weighted by atomic mass is 9.79. The number of amides is 1. The largest absolute Gasteiger partial charge is 0.355 e. The summed E-state index contributed by atoms with van der Waals surface area (Å²) in [6.07, 6.45) is 2.99. The van der Waals surface area contributed by atoms with E-state index in [2.05, 4.69) is 38.3 Å². The molecule has 16 heavy (non-hydrogen) atoms. The number of rotatable bonds is 4. The molecule has 1 aliphatic heterocycles. The van der Waals surface area contributed by atoms with Gasteiger partial charge in [-0.25, -0.2) is 0 Å². The van der Waals surface area contributed by atoms with Crippen LogP contribution < -0.4 is 10.6 Å². The molecule has 0 aliphatic carbocycles. The summed E-state index contributed by atoms with van der Waals surface area (Å²) in [4.78, 5) is 12.1. The van der Waals surface area contributed by atoms with Crippen LogP contribution in [0, 0.1) is 10.8 Å². The fraction of sp³-hybridized carbons (Fsp3) is 0.923. The second-order valence-corrected chi connectivity index (χ2v) is 6.01. The van der Waals surface area contributed by atoms with Gasteiger partial charge >= 0.3 is 0 Å². The number of piperidine rings is 1. The molecule has 0 aromatic carbocycles. The molecule has 1 aliphatic rings. The van der Waals surface area contributed by atoms with Crippen molar-refractivity contribution in [1.82, 2.24) is 10.6 Å². The van der Waals surface area contributed by atoms with Gasteiger partial charge in [0.15, 0.2) is 0 Å². The second kappa shape index (κ2) is 5.17. The summed E-state index contributed by atoms with van der Waals surface area (Å²) in [6.45, 7) is 11.3. The maximum Gasteiger partial charge on any atom is 0.226 e. The topological polar surface area (TPSA) is 41.1 Å². The Bertz CT molecular complexity index is 242. The van der Waals surface area contributed by atoms with E-state index in [-0.39, 0.29) is 16.7 Å². The van der Waals surface area contributed by atoms with Crippen molar-refractivity contribution in [3.05, 3.63) is 0 Å². The quantitative estimate of drug-likeness (QED) is 0.769. The van der Waals surface area contributed by atoms with Crippen molar-refractivity contribution >= 4 is 5.91 Å². The minimum atomic E-state index is -0.158. The lowest BCUT2D eigenvalue weighted by molar-refractivity contribution is -0.132. The van der Waals surface area contributed by atoms with Crippen LogP contribution in [0.15, 0.2) is 0 Å². The zero-order valence-electron chi connectivity index (χ0n) is 11.2. The number of hydrogen-bond donors (Lipinski definition) is 2. The molecule has 0 aromatic rings. The lowest BCUT2D eigenvalue weighted by Crippen LogP contribution is -2.47. The summed E-state index contributed by atoms with van der Waals surface area (Å²) >= 11 is 0. The third-order valence-corrected chi connectivity index (χ3v) is 3.94. The van der Waals surface area contributed by atoms with Gasteiger partial charge in [-0.05, 0) is 37.8 Å². The molecule has 0 radical (unpaired) electrons. The van der Waals surface area contributed by atoms with Gasteiger partial charge in [0.2, 0.25) is 5.91 Å². The average molecular weight is 226 g/mol. The molecule has 0 aromatic heterocycles. The van der Waals surface area contributed by atoms with E-state index in [1.165, 1.54) is 0 Å².